The molecule has 0 bridgehead atoms. The quantitative estimate of drug-likeness (QED) is 0.497. The fraction of sp³-hybridized carbons (Fsp3) is 0.438. The van der Waals surface area contributed by atoms with Crippen LogP contribution < -0.4 is 21.5 Å². The van der Waals surface area contributed by atoms with Gasteiger partial charge in [0.2, 0.25) is 11.8 Å². The van der Waals surface area contributed by atoms with Gasteiger partial charge in [-0.25, -0.2) is 0 Å². The highest BCUT2D eigenvalue weighted by atomic mass is 32.1. The van der Waals surface area contributed by atoms with Crippen molar-refractivity contribution in [2.45, 2.75) is 45.1 Å². The van der Waals surface area contributed by atoms with Gasteiger partial charge in [-0.15, -0.1) is 0 Å². The van der Waals surface area contributed by atoms with Crippen LogP contribution in [0.1, 0.15) is 38.2 Å². The average Bonchev–Trinajstić information content (AvgIpc) is 2.99. The molecular weight excluding hydrogens is 312 g/mol. The van der Waals surface area contributed by atoms with Gasteiger partial charge < -0.3 is 10.6 Å². The van der Waals surface area contributed by atoms with Crippen LogP contribution in [0.4, 0.5) is 5.69 Å². The van der Waals surface area contributed by atoms with Crippen molar-refractivity contribution in [3.8, 4) is 0 Å². The molecule has 1 aromatic carbocycles. The first kappa shape index (κ1) is 17.2. The zero-order chi connectivity index (χ0) is 16.7. The Kier molecular flexibility index (Phi) is 6.34. The summed E-state index contributed by atoms with van der Waals surface area (Å²) in [4.78, 5) is 22.8. The lowest BCUT2D eigenvalue weighted by atomic mass is 10.1. The third kappa shape index (κ3) is 6.23. The van der Waals surface area contributed by atoms with E-state index in [0.717, 1.165) is 18.4 Å². The second kappa shape index (κ2) is 8.47. The van der Waals surface area contributed by atoms with E-state index in [1.807, 2.05) is 0 Å². The van der Waals surface area contributed by atoms with Crippen LogP contribution in [0.15, 0.2) is 24.3 Å². The Hall–Kier alpha value is -2.15. The summed E-state index contributed by atoms with van der Waals surface area (Å²) in [5.74, 6) is -0.296. The van der Waals surface area contributed by atoms with Crippen molar-refractivity contribution >= 4 is 34.8 Å². The van der Waals surface area contributed by atoms with E-state index < -0.39 is 0 Å². The van der Waals surface area contributed by atoms with E-state index in [1.54, 1.807) is 24.3 Å². The van der Waals surface area contributed by atoms with Crippen molar-refractivity contribution in [3.63, 3.8) is 0 Å². The van der Waals surface area contributed by atoms with Gasteiger partial charge in [0.25, 0.3) is 0 Å². The van der Waals surface area contributed by atoms with E-state index in [9.17, 15) is 9.59 Å². The normalized spacial score (nSPS) is 14.1. The molecule has 0 spiro atoms. The van der Waals surface area contributed by atoms with Crippen LogP contribution in [0.3, 0.4) is 0 Å². The van der Waals surface area contributed by atoms with Crippen molar-refractivity contribution in [2.24, 2.45) is 0 Å². The van der Waals surface area contributed by atoms with Crippen LogP contribution in [0, 0.1) is 0 Å². The zero-order valence-corrected chi connectivity index (χ0v) is 14.0. The molecule has 0 atom stereocenters. The Morgan fingerprint density at radius 2 is 1.78 bits per heavy atom. The minimum Gasteiger partial charge on any atom is -0.359 e. The standard InChI is InChI=1S/C16H22N4O2S/c1-11(21)17-14-8-6-12(7-9-14)10-15(22)19-20-16(23)18-13-4-2-3-5-13/h6-9,13H,2-5,10H2,1H3,(H,17,21)(H,19,22)(H2,18,20,23). The molecule has 6 nitrogen and oxygen atoms in total. The topological polar surface area (TPSA) is 82.3 Å². The number of nitrogens with one attached hydrogen (secondary N) is 4. The van der Waals surface area contributed by atoms with Gasteiger partial charge in [-0.2, -0.15) is 0 Å². The fourth-order valence-corrected chi connectivity index (χ4v) is 2.77. The highest BCUT2D eigenvalue weighted by Gasteiger charge is 2.15. The number of amides is 2. The molecule has 1 aliphatic carbocycles. The maximum atomic E-state index is 11.9. The Labute approximate surface area is 141 Å². The molecule has 1 aromatic rings. The first-order valence-electron chi connectivity index (χ1n) is 7.75. The maximum absolute atomic E-state index is 11.9. The van der Waals surface area contributed by atoms with Crippen LogP contribution in [0.25, 0.3) is 0 Å². The minimum atomic E-state index is -0.173. The summed E-state index contributed by atoms with van der Waals surface area (Å²) < 4.78 is 0. The van der Waals surface area contributed by atoms with E-state index in [0.29, 0.717) is 16.8 Å². The van der Waals surface area contributed by atoms with Crippen LogP contribution in [0.2, 0.25) is 0 Å². The molecule has 0 aromatic heterocycles. The lowest BCUT2D eigenvalue weighted by Gasteiger charge is -2.16. The number of hydrogen-bond donors (Lipinski definition) is 4. The number of hydrazine groups is 1. The second-order valence-electron chi connectivity index (χ2n) is 5.68. The molecule has 0 heterocycles. The minimum absolute atomic E-state index is 0.122. The van der Waals surface area contributed by atoms with Gasteiger partial charge >= 0.3 is 0 Å². The van der Waals surface area contributed by atoms with Crippen LogP contribution in [0.5, 0.6) is 0 Å². The molecule has 0 saturated heterocycles. The van der Waals surface area contributed by atoms with Crippen molar-refractivity contribution in [2.75, 3.05) is 5.32 Å². The molecular formula is C16H22N4O2S. The summed E-state index contributed by atoms with van der Waals surface area (Å²) in [6, 6.07) is 7.56. The van der Waals surface area contributed by atoms with Gasteiger partial charge in [0, 0.05) is 18.7 Å². The molecule has 4 N–H and O–H groups in total. The average molecular weight is 334 g/mol. The Balaban J connectivity index is 1.71. The highest BCUT2D eigenvalue weighted by Crippen LogP contribution is 2.17. The molecule has 0 aliphatic heterocycles. The lowest BCUT2D eigenvalue weighted by Crippen LogP contribution is -2.49. The van der Waals surface area contributed by atoms with E-state index in [1.165, 1.54) is 19.8 Å². The number of carbonyl (C=O) groups is 2. The number of hydrogen-bond acceptors (Lipinski definition) is 3. The zero-order valence-electron chi connectivity index (χ0n) is 13.1. The van der Waals surface area contributed by atoms with Gasteiger partial charge in [-0.3, -0.25) is 20.4 Å². The van der Waals surface area contributed by atoms with Gasteiger partial charge in [0.1, 0.15) is 0 Å². The third-order valence-electron chi connectivity index (χ3n) is 3.64. The van der Waals surface area contributed by atoms with E-state index in [4.69, 9.17) is 12.2 Å². The number of anilines is 1. The van der Waals surface area contributed by atoms with Gasteiger partial charge in [-0.05, 0) is 42.8 Å². The van der Waals surface area contributed by atoms with Gasteiger partial charge in [0.05, 0.1) is 6.42 Å². The van der Waals surface area contributed by atoms with Crippen LogP contribution in [-0.4, -0.2) is 23.0 Å². The number of carbonyl (C=O) groups excluding carboxylic acids is 2. The molecule has 23 heavy (non-hydrogen) atoms. The predicted octanol–water partition coefficient (Wildman–Crippen LogP) is 1.63. The fourth-order valence-electron chi connectivity index (χ4n) is 2.56. The largest absolute Gasteiger partial charge is 0.359 e. The molecule has 2 rings (SSSR count). The van der Waals surface area contributed by atoms with Crippen LogP contribution in [-0.2, 0) is 16.0 Å². The first-order valence-corrected chi connectivity index (χ1v) is 8.15. The molecule has 0 radical (unpaired) electrons. The SMILES string of the molecule is CC(=O)Nc1ccc(CC(=O)NNC(=S)NC2CCCC2)cc1. The van der Waals surface area contributed by atoms with E-state index >= 15 is 0 Å². The third-order valence-corrected chi connectivity index (χ3v) is 3.86. The van der Waals surface area contributed by atoms with Gasteiger partial charge in [0.15, 0.2) is 5.11 Å². The predicted molar refractivity (Wildman–Crippen MR) is 93.7 cm³/mol. The van der Waals surface area contributed by atoms with Crippen molar-refractivity contribution in [1.82, 2.24) is 16.2 Å². The smallest absolute Gasteiger partial charge is 0.242 e. The summed E-state index contributed by atoms with van der Waals surface area (Å²) in [5, 5.41) is 6.32. The number of thiocarbonyl (C=S) groups is 1. The van der Waals surface area contributed by atoms with Crippen molar-refractivity contribution in [1.29, 1.82) is 0 Å². The summed E-state index contributed by atoms with van der Waals surface area (Å²) in [6.45, 7) is 1.45. The lowest BCUT2D eigenvalue weighted by molar-refractivity contribution is -0.121. The summed E-state index contributed by atoms with van der Waals surface area (Å²) >= 11 is 5.15. The maximum Gasteiger partial charge on any atom is 0.242 e. The van der Waals surface area contributed by atoms with E-state index in [-0.39, 0.29) is 18.2 Å². The monoisotopic (exact) mass is 334 g/mol. The van der Waals surface area contributed by atoms with E-state index in [2.05, 4.69) is 21.5 Å². The molecule has 2 amide bonds. The molecule has 1 fully saturated rings. The molecule has 1 aliphatic rings. The van der Waals surface area contributed by atoms with Crippen LogP contribution >= 0.6 is 12.2 Å². The van der Waals surface area contributed by atoms with Gasteiger partial charge in [-0.1, -0.05) is 25.0 Å². The molecule has 0 unspecified atom stereocenters. The summed E-state index contributed by atoms with van der Waals surface area (Å²) in [6.07, 6.45) is 4.93. The van der Waals surface area contributed by atoms with Crippen molar-refractivity contribution < 1.29 is 9.59 Å². The first-order chi connectivity index (χ1) is 11.0. The van der Waals surface area contributed by atoms with Crippen molar-refractivity contribution in [3.05, 3.63) is 29.8 Å². The molecule has 7 heteroatoms. The Morgan fingerprint density at radius 1 is 1.13 bits per heavy atom. The molecule has 1 saturated carbocycles. The highest BCUT2D eigenvalue weighted by molar-refractivity contribution is 7.80. The Bertz CT molecular complexity index is 568. The number of rotatable bonds is 4. The number of benzene rings is 1. The summed E-state index contributed by atoms with van der Waals surface area (Å²) in [7, 11) is 0. The Morgan fingerprint density at radius 3 is 2.39 bits per heavy atom. The molecule has 124 valence electrons. The second-order valence-corrected chi connectivity index (χ2v) is 6.09. The summed E-state index contributed by atoms with van der Waals surface area (Å²) in [5.41, 5.74) is 6.88.